The van der Waals surface area contributed by atoms with Crippen molar-refractivity contribution in [1.82, 2.24) is 0 Å². The Morgan fingerprint density at radius 1 is 1.50 bits per heavy atom. The van der Waals surface area contributed by atoms with Crippen molar-refractivity contribution in [2.75, 3.05) is 18.9 Å². The third-order valence-electron chi connectivity index (χ3n) is 1.90. The Hall–Kier alpha value is -1.26. The molecule has 4 heteroatoms. The molecule has 78 valence electrons. The van der Waals surface area contributed by atoms with Crippen molar-refractivity contribution in [3.8, 4) is 5.75 Å². The van der Waals surface area contributed by atoms with Gasteiger partial charge in [-0.05, 0) is 18.6 Å². The monoisotopic (exact) mass is 197 g/mol. The standard InChI is InChI=1S/C10H15NO3/c1-7-2-3-9(4-10(7)11)14-6-8(13)5-12/h2-4,8,12-13H,5-6,11H2,1H3. The fourth-order valence-electron chi connectivity index (χ4n) is 0.953. The second kappa shape index (κ2) is 4.83. The highest BCUT2D eigenvalue weighted by Crippen LogP contribution is 2.18. The van der Waals surface area contributed by atoms with Crippen LogP contribution in [0.15, 0.2) is 18.2 Å². The molecule has 1 rings (SSSR count). The summed E-state index contributed by atoms with van der Waals surface area (Å²) in [5.74, 6) is 0.598. The van der Waals surface area contributed by atoms with Crippen molar-refractivity contribution < 1.29 is 14.9 Å². The van der Waals surface area contributed by atoms with Gasteiger partial charge in [0.1, 0.15) is 18.5 Å². The quantitative estimate of drug-likeness (QED) is 0.607. The van der Waals surface area contributed by atoms with Crippen LogP contribution in [0.2, 0.25) is 0 Å². The summed E-state index contributed by atoms with van der Waals surface area (Å²) in [5, 5.41) is 17.6. The second-order valence-corrected chi connectivity index (χ2v) is 3.17. The summed E-state index contributed by atoms with van der Waals surface area (Å²) in [6.45, 7) is 1.67. The second-order valence-electron chi connectivity index (χ2n) is 3.17. The van der Waals surface area contributed by atoms with Crippen LogP contribution < -0.4 is 10.5 Å². The molecule has 0 aliphatic carbocycles. The molecule has 1 aromatic rings. The predicted molar refractivity (Wildman–Crippen MR) is 54.2 cm³/mol. The average molecular weight is 197 g/mol. The van der Waals surface area contributed by atoms with Crippen LogP contribution >= 0.6 is 0 Å². The van der Waals surface area contributed by atoms with Crippen LogP contribution in [0.4, 0.5) is 5.69 Å². The summed E-state index contributed by atoms with van der Waals surface area (Å²) in [4.78, 5) is 0. The van der Waals surface area contributed by atoms with E-state index in [0.29, 0.717) is 11.4 Å². The lowest BCUT2D eigenvalue weighted by Gasteiger charge is -2.10. The first-order chi connectivity index (χ1) is 6.63. The Bertz CT molecular complexity index is 301. The number of anilines is 1. The van der Waals surface area contributed by atoms with Crippen LogP contribution in [0.3, 0.4) is 0 Å². The normalized spacial score (nSPS) is 12.5. The first-order valence-corrected chi connectivity index (χ1v) is 4.41. The smallest absolute Gasteiger partial charge is 0.121 e. The molecule has 0 spiro atoms. The number of nitrogens with two attached hydrogens (primary N) is 1. The van der Waals surface area contributed by atoms with Crippen LogP contribution in [0.1, 0.15) is 5.56 Å². The first-order valence-electron chi connectivity index (χ1n) is 4.41. The Balaban J connectivity index is 2.55. The Kier molecular flexibility index (Phi) is 3.73. The summed E-state index contributed by atoms with van der Waals surface area (Å²) < 4.78 is 5.20. The molecule has 0 saturated carbocycles. The van der Waals surface area contributed by atoms with Gasteiger partial charge in [0.25, 0.3) is 0 Å². The van der Waals surface area contributed by atoms with E-state index in [4.69, 9.17) is 20.7 Å². The summed E-state index contributed by atoms with van der Waals surface area (Å²) >= 11 is 0. The molecule has 0 radical (unpaired) electrons. The molecule has 0 aliphatic heterocycles. The van der Waals surface area contributed by atoms with E-state index < -0.39 is 6.10 Å². The van der Waals surface area contributed by atoms with Gasteiger partial charge in [0.05, 0.1) is 6.61 Å². The fraction of sp³-hybridized carbons (Fsp3) is 0.400. The highest BCUT2D eigenvalue weighted by molar-refractivity contribution is 5.50. The van der Waals surface area contributed by atoms with Gasteiger partial charge in [-0.3, -0.25) is 0 Å². The van der Waals surface area contributed by atoms with Crippen LogP contribution in [0.5, 0.6) is 5.75 Å². The Morgan fingerprint density at radius 3 is 2.79 bits per heavy atom. The van der Waals surface area contributed by atoms with Crippen LogP contribution in [0.25, 0.3) is 0 Å². The molecule has 0 amide bonds. The minimum absolute atomic E-state index is 0.0685. The highest BCUT2D eigenvalue weighted by atomic mass is 16.5. The molecule has 0 aliphatic rings. The number of rotatable bonds is 4. The predicted octanol–water partition coefficient (Wildman–Crippen LogP) is 0.309. The molecule has 4 nitrogen and oxygen atoms in total. The van der Waals surface area contributed by atoms with E-state index >= 15 is 0 Å². The lowest BCUT2D eigenvalue weighted by molar-refractivity contribution is 0.0536. The van der Waals surface area contributed by atoms with E-state index in [9.17, 15) is 0 Å². The number of hydrogen-bond acceptors (Lipinski definition) is 4. The van der Waals surface area contributed by atoms with E-state index in [0.717, 1.165) is 5.56 Å². The van der Waals surface area contributed by atoms with Crippen molar-refractivity contribution >= 4 is 5.69 Å². The number of aliphatic hydroxyl groups excluding tert-OH is 2. The zero-order valence-electron chi connectivity index (χ0n) is 8.10. The van der Waals surface area contributed by atoms with Crippen molar-refractivity contribution in [1.29, 1.82) is 0 Å². The molecule has 0 heterocycles. The third kappa shape index (κ3) is 2.90. The zero-order valence-corrected chi connectivity index (χ0v) is 8.10. The van der Waals surface area contributed by atoms with Gasteiger partial charge in [-0.15, -0.1) is 0 Å². The van der Waals surface area contributed by atoms with Crippen molar-refractivity contribution in [3.63, 3.8) is 0 Å². The molecule has 0 saturated heterocycles. The van der Waals surface area contributed by atoms with Crippen molar-refractivity contribution in [3.05, 3.63) is 23.8 Å². The SMILES string of the molecule is Cc1ccc(OCC(O)CO)cc1N. The largest absolute Gasteiger partial charge is 0.491 e. The Morgan fingerprint density at radius 2 is 2.21 bits per heavy atom. The number of ether oxygens (including phenoxy) is 1. The maximum Gasteiger partial charge on any atom is 0.121 e. The maximum atomic E-state index is 9.04. The van der Waals surface area contributed by atoms with E-state index in [2.05, 4.69) is 0 Å². The average Bonchev–Trinajstić information content (AvgIpc) is 2.19. The molecule has 1 aromatic carbocycles. The minimum atomic E-state index is -0.850. The molecule has 0 aromatic heterocycles. The molecule has 0 bridgehead atoms. The molecule has 1 atom stereocenters. The van der Waals surface area contributed by atoms with Crippen molar-refractivity contribution in [2.24, 2.45) is 0 Å². The van der Waals surface area contributed by atoms with Gasteiger partial charge in [0.15, 0.2) is 0 Å². The van der Waals surface area contributed by atoms with Gasteiger partial charge in [0, 0.05) is 11.8 Å². The number of nitrogen functional groups attached to an aromatic ring is 1. The minimum Gasteiger partial charge on any atom is -0.491 e. The van der Waals surface area contributed by atoms with E-state index in [1.165, 1.54) is 0 Å². The molecule has 14 heavy (non-hydrogen) atoms. The molecular formula is C10H15NO3. The van der Waals surface area contributed by atoms with Crippen LogP contribution in [-0.4, -0.2) is 29.5 Å². The number of aliphatic hydroxyl groups is 2. The van der Waals surface area contributed by atoms with Crippen molar-refractivity contribution in [2.45, 2.75) is 13.0 Å². The lowest BCUT2D eigenvalue weighted by atomic mass is 10.2. The van der Waals surface area contributed by atoms with Gasteiger partial charge in [-0.25, -0.2) is 0 Å². The number of benzene rings is 1. The maximum absolute atomic E-state index is 9.04. The fourth-order valence-corrected chi connectivity index (χ4v) is 0.953. The summed E-state index contributed by atoms with van der Waals surface area (Å²) in [6.07, 6.45) is -0.850. The molecule has 1 unspecified atom stereocenters. The number of aryl methyl sites for hydroxylation is 1. The van der Waals surface area contributed by atoms with Gasteiger partial charge >= 0.3 is 0 Å². The Labute approximate surface area is 82.9 Å². The molecule has 4 N–H and O–H groups in total. The molecule has 0 fully saturated rings. The zero-order chi connectivity index (χ0) is 10.6. The first kappa shape index (κ1) is 10.8. The highest BCUT2D eigenvalue weighted by Gasteiger charge is 2.03. The van der Waals surface area contributed by atoms with E-state index in [1.807, 2.05) is 13.0 Å². The summed E-state index contributed by atoms with van der Waals surface area (Å²) in [7, 11) is 0. The third-order valence-corrected chi connectivity index (χ3v) is 1.90. The summed E-state index contributed by atoms with van der Waals surface area (Å²) in [5.41, 5.74) is 7.31. The van der Waals surface area contributed by atoms with Crippen LogP contribution in [-0.2, 0) is 0 Å². The van der Waals surface area contributed by atoms with Crippen LogP contribution in [0, 0.1) is 6.92 Å². The van der Waals surface area contributed by atoms with Gasteiger partial charge in [0.2, 0.25) is 0 Å². The van der Waals surface area contributed by atoms with E-state index in [1.54, 1.807) is 12.1 Å². The topological polar surface area (TPSA) is 75.7 Å². The number of hydrogen-bond donors (Lipinski definition) is 3. The van der Waals surface area contributed by atoms with Gasteiger partial charge in [-0.2, -0.15) is 0 Å². The molecular weight excluding hydrogens is 182 g/mol. The lowest BCUT2D eigenvalue weighted by Crippen LogP contribution is -2.21. The summed E-state index contributed by atoms with van der Waals surface area (Å²) in [6, 6.07) is 5.31. The van der Waals surface area contributed by atoms with Gasteiger partial charge in [-0.1, -0.05) is 6.07 Å². The van der Waals surface area contributed by atoms with E-state index in [-0.39, 0.29) is 13.2 Å². The van der Waals surface area contributed by atoms with Gasteiger partial charge < -0.3 is 20.7 Å².